The second-order valence-electron chi connectivity index (χ2n) is 6.18. The fraction of sp³-hybridized carbons (Fsp3) is 0.474. The molecule has 2 rings (SSSR count). The van der Waals surface area contributed by atoms with Gasteiger partial charge in [0.25, 0.3) is 0 Å². The number of nitrogens with zero attached hydrogens (tertiary/aromatic N) is 1. The van der Waals surface area contributed by atoms with Crippen molar-refractivity contribution in [3.05, 3.63) is 41.3 Å². The van der Waals surface area contributed by atoms with E-state index < -0.39 is 10.8 Å². The zero-order valence-electron chi connectivity index (χ0n) is 15.3. The minimum Gasteiger partial charge on any atom is -0.441 e. The van der Waals surface area contributed by atoms with E-state index >= 15 is 0 Å². The maximum Gasteiger partial charge on any atom is 0.232 e. The van der Waals surface area contributed by atoms with E-state index in [1.54, 1.807) is 0 Å². The molecule has 2 aromatic rings. The first-order valence-electron chi connectivity index (χ1n) is 8.62. The summed E-state index contributed by atoms with van der Waals surface area (Å²) in [5, 5.41) is 2.83. The van der Waals surface area contributed by atoms with E-state index in [2.05, 4.69) is 17.2 Å². The molecule has 0 aliphatic heterocycles. The molecule has 0 fully saturated rings. The second-order valence-corrected chi connectivity index (χ2v) is 7.63. The summed E-state index contributed by atoms with van der Waals surface area (Å²) in [6, 6.07) is 8.14. The molecule has 1 N–H and O–H groups in total. The van der Waals surface area contributed by atoms with Crippen LogP contribution in [0, 0.1) is 6.92 Å². The van der Waals surface area contributed by atoms with Crippen LogP contribution in [0.5, 0.6) is 0 Å². The Labute approximate surface area is 151 Å². The Hall–Kier alpha value is -1.95. The van der Waals surface area contributed by atoms with Gasteiger partial charge in [-0.15, -0.1) is 0 Å². The SMILES string of the molecule is CCc1ccc(-c2nc(C[S@](=O)CC(=O)N[C@@H](C)CC)c(C)o2)cc1. The lowest BCUT2D eigenvalue weighted by Crippen LogP contribution is -2.35. The molecule has 1 aromatic carbocycles. The van der Waals surface area contributed by atoms with Crippen LogP contribution in [0.15, 0.2) is 28.7 Å². The average molecular weight is 362 g/mol. The number of aryl methyl sites for hydroxylation is 2. The fourth-order valence-corrected chi connectivity index (χ4v) is 3.39. The second kappa shape index (κ2) is 8.94. The number of nitrogens with one attached hydrogen (secondary N) is 1. The van der Waals surface area contributed by atoms with E-state index in [0.29, 0.717) is 17.3 Å². The van der Waals surface area contributed by atoms with Gasteiger partial charge in [-0.05, 0) is 44.4 Å². The zero-order chi connectivity index (χ0) is 18.4. The number of rotatable bonds is 8. The van der Waals surface area contributed by atoms with Gasteiger partial charge in [-0.25, -0.2) is 4.98 Å². The summed E-state index contributed by atoms with van der Waals surface area (Å²) in [7, 11) is -1.31. The number of amides is 1. The highest BCUT2D eigenvalue weighted by atomic mass is 32.2. The van der Waals surface area contributed by atoms with Crippen LogP contribution in [-0.4, -0.2) is 26.9 Å². The van der Waals surface area contributed by atoms with Crippen LogP contribution in [0.4, 0.5) is 0 Å². The van der Waals surface area contributed by atoms with Crippen molar-refractivity contribution in [2.24, 2.45) is 0 Å². The highest BCUT2D eigenvalue weighted by molar-refractivity contribution is 7.84. The number of aromatic nitrogens is 1. The molecule has 136 valence electrons. The van der Waals surface area contributed by atoms with Crippen LogP contribution in [0.2, 0.25) is 0 Å². The standard InChI is InChI=1S/C19H26N2O3S/c1-5-13(3)20-18(22)12-25(23)11-17-14(4)24-19(21-17)16-9-7-15(6-2)8-10-16/h7-10,13H,5-6,11-12H2,1-4H3,(H,20,22)/t13-,25-/m0/s1. The maximum atomic E-state index is 12.2. The summed E-state index contributed by atoms with van der Waals surface area (Å²) in [6.45, 7) is 7.84. The molecule has 0 saturated heterocycles. The zero-order valence-corrected chi connectivity index (χ0v) is 16.1. The van der Waals surface area contributed by atoms with E-state index in [1.165, 1.54) is 5.56 Å². The Kier molecular flexibility index (Phi) is 6.93. The lowest BCUT2D eigenvalue weighted by atomic mass is 10.1. The van der Waals surface area contributed by atoms with Gasteiger partial charge in [0.05, 0.1) is 11.4 Å². The average Bonchev–Trinajstić information content (AvgIpc) is 2.95. The van der Waals surface area contributed by atoms with Gasteiger partial charge in [0.2, 0.25) is 11.8 Å². The topological polar surface area (TPSA) is 72.2 Å². The van der Waals surface area contributed by atoms with E-state index in [9.17, 15) is 9.00 Å². The number of benzene rings is 1. The molecule has 6 heteroatoms. The number of carbonyl (C=O) groups excluding carboxylic acids is 1. The third kappa shape index (κ3) is 5.53. The summed E-state index contributed by atoms with van der Waals surface area (Å²) < 4.78 is 18.0. The Morgan fingerprint density at radius 3 is 2.56 bits per heavy atom. The van der Waals surface area contributed by atoms with Gasteiger partial charge < -0.3 is 9.73 Å². The third-order valence-corrected chi connectivity index (χ3v) is 5.29. The molecule has 0 aliphatic rings. The van der Waals surface area contributed by atoms with Crippen molar-refractivity contribution < 1.29 is 13.4 Å². The van der Waals surface area contributed by atoms with E-state index in [0.717, 1.165) is 18.4 Å². The number of carbonyl (C=O) groups is 1. The van der Waals surface area contributed by atoms with Crippen LogP contribution < -0.4 is 5.32 Å². The Balaban J connectivity index is 2.02. The van der Waals surface area contributed by atoms with Crippen molar-refractivity contribution in [3.8, 4) is 11.5 Å². The predicted molar refractivity (Wildman–Crippen MR) is 101 cm³/mol. The quantitative estimate of drug-likeness (QED) is 0.781. The van der Waals surface area contributed by atoms with Gasteiger partial charge in [-0.1, -0.05) is 26.0 Å². The van der Waals surface area contributed by atoms with Crippen molar-refractivity contribution in [3.63, 3.8) is 0 Å². The summed E-state index contributed by atoms with van der Waals surface area (Å²) in [5.41, 5.74) is 2.79. The lowest BCUT2D eigenvalue weighted by molar-refractivity contribution is -0.119. The molecule has 1 amide bonds. The molecular weight excluding hydrogens is 336 g/mol. The van der Waals surface area contributed by atoms with Crippen molar-refractivity contribution in [1.82, 2.24) is 10.3 Å². The van der Waals surface area contributed by atoms with E-state index in [4.69, 9.17) is 4.42 Å². The Bertz CT molecular complexity index is 738. The first kappa shape index (κ1) is 19.4. The van der Waals surface area contributed by atoms with Crippen LogP contribution >= 0.6 is 0 Å². The fourth-order valence-electron chi connectivity index (χ4n) is 2.34. The summed E-state index contributed by atoms with van der Waals surface area (Å²) in [4.78, 5) is 16.3. The van der Waals surface area contributed by atoms with Crippen molar-refractivity contribution >= 4 is 16.7 Å². The Morgan fingerprint density at radius 2 is 1.96 bits per heavy atom. The number of hydrogen-bond donors (Lipinski definition) is 1. The van der Waals surface area contributed by atoms with E-state index in [1.807, 2.05) is 45.0 Å². The normalized spacial score (nSPS) is 13.4. The first-order valence-corrected chi connectivity index (χ1v) is 10.1. The van der Waals surface area contributed by atoms with Gasteiger partial charge in [0.15, 0.2) is 0 Å². The minimum atomic E-state index is -1.31. The minimum absolute atomic E-state index is 0.0167. The van der Waals surface area contributed by atoms with Crippen molar-refractivity contribution in [2.75, 3.05) is 5.75 Å². The molecule has 0 aliphatic carbocycles. The summed E-state index contributed by atoms with van der Waals surface area (Å²) in [6.07, 6.45) is 1.83. The molecule has 5 nitrogen and oxygen atoms in total. The van der Waals surface area contributed by atoms with E-state index in [-0.39, 0.29) is 23.5 Å². The molecule has 0 radical (unpaired) electrons. The molecule has 0 spiro atoms. The molecule has 0 unspecified atom stereocenters. The van der Waals surface area contributed by atoms with Crippen LogP contribution in [-0.2, 0) is 27.8 Å². The van der Waals surface area contributed by atoms with Gasteiger partial charge >= 0.3 is 0 Å². The largest absolute Gasteiger partial charge is 0.441 e. The molecule has 0 saturated carbocycles. The molecule has 2 atom stereocenters. The highest BCUT2D eigenvalue weighted by Gasteiger charge is 2.16. The van der Waals surface area contributed by atoms with Crippen LogP contribution in [0.25, 0.3) is 11.5 Å². The van der Waals surface area contributed by atoms with Gasteiger partial charge in [0.1, 0.15) is 11.5 Å². The maximum absolute atomic E-state index is 12.2. The molecule has 0 bridgehead atoms. The first-order chi connectivity index (χ1) is 11.9. The monoisotopic (exact) mass is 362 g/mol. The number of oxazole rings is 1. The highest BCUT2D eigenvalue weighted by Crippen LogP contribution is 2.23. The van der Waals surface area contributed by atoms with Crippen LogP contribution in [0.3, 0.4) is 0 Å². The third-order valence-electron chi connectivity index (χ3n) is 4.11. The van der Waals surface area contributed by atoms with Gasteiger partial charge in [-0.2, -0.15) is 0 Å². The lowest BCUT2D eigenvalue weighted by Gasteiger charge is -2.10. The molecule has 25 heavy (non-hydrogen) atoms. The van der Waals surface area contributed by atoms with Gasteiger partial charge in [-0.3, -0.25) is 9.00 Å². The van der Waals surface area contributed by atoms with Gasteiger partial charge in [0, 0.05) is 22.4 Å². The van der Waals surface area contributed by atoms with Crippen LogP contribution in [0.1, 0.15) is 44.2 Å². The molecular formula is C19H26N2O3S. The van der Waals surface area contributed by atoms with Crippen molar-refractivity contribution in [2.45, 2.75) is 52.3 Å². The Morgan fingerprint density at radius 1 is 1.28 bits per heavy atom. The smallest absolute Gasteiger partial charge is 0.232 e. The summed E-state index contributed by atoms with van der Waals surface area (Å²) >= 11 is 0. The molecule has 1 aromatic heterocycles. The summed E-state index contributed by atoms with van der Waals surface area (Å²) in [5.74, 6) is 1.18. The predicted octanol–water partition coefficient (Wildman–Crippen LogP) is 3.38. The van der Waals surface area contributed by atoms with Crippen molar-refractivity contribution in [1.29, 1.82) is 0 Å². The molecule has 1 heterocycles. The number of hydrogen-bond acceptors (Lipinski definition) is 4.